The smallest absolute Gasteiger partial charge is 0.268 e. The summed E-state index contributed by atoms with van der Waals surface area (Å²) in [5.41, 5.74) is 10.9. The number of para-hydroxylation sites is 3. The van der Waals surface area contributed by atoms with Crippen LogP contribution in [0.5, 0.6) is 11.5 Å². The summed E-state index contributed by atoms with van der Waals surface area (Å²) in [5.74, 6) is 1.92. The molecule has 3 heterocycles. The van der Waals surface area contributed by atoms with Crippen molar-refractivity contribution in [1.29, 1.82) is 0 Å². The van der Waals surface area contributed by atoms with Crippen LogP contribution in [0.4, 0.5) is 0 Å². The zero-order valence-corrected chi connectivity index (χ0v) is 69.3. The van der Waals surface area contributed by atoms with Crippen LogP contribution in [-0.2, 0) is 26.5 Å². The van der Waals surface area contributed by atoms with Crippen molar-refractivity contribution in [2.75, 3.05) is 0 Å². The zero-order chi connectivity index (χ0) is 76.6. The normalized spacial score (nSPS) is 11.9. The van der Waals surface area contributed by atoms with Gasteiger partial charge in [-0.2, -0.15) is 18.2 Å². The molecule has 0 radical (unpaired) electrons. The predicted octanol–water partition coefficient (Wildman–Crippen LogP) is 16.4. The first-order valence-corrected chi connectivity index (χ1v) is 45.2. The van der Waals surface area contributed by atoms with Gasteiger partial charge < -0.3 is 13.9 Å². The first kappa shape index (κ1) is 73.6. The third-order valence-electron chi connectivity index (χ3n) is 23.0. The van der Waals surface area contributed by atoms with Crippen molar-refractivity contribution < 1.29 is 30.4 Å². The van der Waals surface area contributed by atoms with Crippen LogP contribution in [0.3, 0.4) is 0 Å². The molecule has 0 saturated carbocycles. The average molecular weight is 1710 g/mol. The summed E-state index contributed by atoms with van der Waals surface area (Å²) < 4.78 is 13.8. The van der Waals surface area contributed by atoms with Crippen LogP contribution < -0.4 is 71.5 Å². The van der Waals surface area contributed by atoms with Crippen molar-refractivity contribution in [3.05, 3.63) is 455 Å². The fourth-order valence-corrected chi connectivity index (χ4v) is 32.3. The van der Waals surface area contributed by atoms with Gasteiger partial charge in [0.15, 0.2) is 24.2 Å². The van der Waals surface area contributed by atoms with Gasteiger partial charge in [-0.15, -0.1) is 29.7 Å². The molecular weight excluding hydrogens is 1620 g/mol. The number of hydrogen-bond acceptors (Lipinski definition) is 2. The second-order valence-corrected chi connectivity index (χ2v) is 41.9. The predicted molar refractivity (Wildman–Crippen MR) is 480 cm³/mol. The van der Waals surface area contributed by atoms with Crippen LogP contribution in [0.15, 0.2) is 431 Å². The van der Waals surface area contributed by atoms with Crippen molar-refractivity contribution in [3.63, 3.8) is 0 Å². The fourth-order valence-electron chi connectivity index (χ4n) is 17.9. The minimum Gasteiger partial charge on any atom is -0.510 e. The van der Waals surface area contributed by atoms with Crippen molar-refractivity contribution in [2.45, 2.75) is 26.2 Å². The van der Waals surface area contributed by atoms with E-state index >= 15 is 0 Å². The number of aromatic nitrogens is 4. The molecule has 0 fully saturated rings. The minimum absolute atomic E-state index is 0. The summed E-state index contributed by atoms with van der Waals surface area (Å²) in [6.45, 7) is 6.72. The van der Waals surface area contributed by atoms with Gasteiger partial charge in [-0.1, -0.05) is 402 Å². The maximum Gasteiger partial charge on any atom is 0.268 e. The van der Waals surface area contributed by atoms with Gasteiger partial charge in [-0.25, -0.2) is 4.98 Å². The van der Waals surface area contributed by atoms with Gasteiger partial charge in [-0.05, 0) is 125 Å². The molecule has 19 aromatic rings. The van der Waals surface area contributed by atoms with E-state index in [1.165, 1.54) is 67.8 Å². The van der Waals surface area contributed by atoms with Crippen LogP contribution >= 0.6 is 0 Å². The molecule has 0 unspecified atom stereocenters. The van der Waals surface area contributed by atoms with E-state index in [0.717, 1.165) is 72.3 Å². The SMILES string of the molecule is CC(C)(C)c1ccnc(-n2c3[c-]c(Oc4[c-]c(-n5[c-][n+](-c6c(-c7cccc([Si](c8ccccc8)(c8ccccc8)c8ccccc8)c7)cc([Si](c7ccccc7)(c7ccccc7)c7ccccc7)cc6-c6cccc([Si](c7ccccc7)(c7ccccc7)c7ccccc7)c6)c6ccccc65)ccc4)ccc3c3ccccc32)c1.[Pt]. The second kappa shape index (κ2) is 31.2. The molecule has 554 valence electrons. The van der Waals surface area contributed by atoms with Gasteiger partial charge in [0.2, 0.25) is 0 Å². The molecule has 19 rings (SSSR count). The Kier molecular flexibility index (Phi) is 20.0. The Balaban J connectivity index is 0.00000917. The average Bonchev–Trinajstić information content (AvgIpc) is 1.64. The van der Waals surface area contributed by atoms with E-state index in [-0.39, 0.29) is 26.5 Å². The number of hydrogen-bond donors (Lipinski definition) is 0. The Morgan fingerprint density at radius 1 is 0.322 bits per heavy atom. The van der Waals surface area contributed by atoms with E-state index in [1.54, 1.807) is 0 Å². The Bertz CT molecular complexity index is 6180. The topological polar surface area (TPSA) is 35.9 Å². The maximum atomic E-state index is 7.03. The summed E-state index contributed by atoms with van der Waals surface area (Å²) >= 11 is 0. The van der Waals surface area contributed by atoms with Crippen molar-refractivity contribution >= 4 is 119 Å². The monoisotopic (exact) mass is 1700 g/mol. The first-order chi connectivity index (χ1) is 56.2. The van der Waals surface area contributed by atoms with Crippen LogP contribution in [-0.4, -0.2) is 38.3 Å². The van der Waals surface area contributed by atoms with Crippen molar-refractivity contribution in [2.24, 2.45) is 0 Å². The van der Waals surface area contributed by atoms with Crippen LogP contribution in [0.2, 0.25) is 0 Å². The molecule has 3 aromatic heterocycles. The molecule has 0 amide bonds. The van der Waals surface area contributed by atoms with Gasteiger partial charge in [0.05, 0.1) is 16.7 Å². The minimum atomic E-state index is -3.40. The summed E-state index contributed by atoms with van der Waals surface area (Å²) in [4.78, 5) is 4.99. The van der Waals surface area contributed by atoms with E-state index in [4.69, 9.17) is 9.72 Å². The Morgan fingerprint density at radius 3 is 1.13 bits per heavy atom. The number of rotatable bonds is 19. The third-order valence-corrected chi connectivity index (χ3v) is 37.3. The number of nitrogens with zero attached hydrogens (tertiary/aromatic N) is 4. The molecule has 0 aliphatic heterocycles. The summed E-state index contributed by atoms with van der Waals surface area (Å²) in [7, 11) is -9.73. The van der Waals surface area contributed by atoms with Crippen molar-refractivity contribution in [3.8, 4) is 50.9 Å². The van der Waals surface area contributed by atoms with Gasteiger partial charge in [0.1, 0.15) is 5.82 Å². The van der Waals surface area contributed by atoms with E-state index < -0.39 is 24.2 Å². The Hall–Kier alpha value is -12.9. The fraction of sp³-hybridized carbons (Fsp3) is 0.0377. The molecule has 16 aromatic carbocycles. The molecule has 0 bridgehead atoms. The maximum absolute atomic E-state index is 7.03. The van der Waals surface area contributed by atoms with Crippen LogP contribution in [0.25, 0.3) is 72.3 Å². The van der Waals surface area contributed by atoms with E-state index in [0.29, 0.717) is 11.5 Å². The second-order valence-electron chi connectivity index (χ2n) is 30.5. The molecule has 0 atom stereocenters. The third kappa shape index (κ3) is 13.0. The quantitative estimate of drug-likeness (QED) is 0.0350. The molecule has 115 heavy (non-hydrogen) atoms. The van der Waals surface area contributed by atoms with Gasteiger partial charge in [-0.3, -0.25) is 4.57 Å². The zero-order valence-electron chi connectivity index (χ0n) is 64.0. The summed E-state index contributed by atoms with van der Waals surface area (Å²) in [6.07, 6.45) is 6.08. The van der Waals surface area contributed by atoms with Gasteiger partial charge in [0, 0.05) is 44.3 Å². The molecule has 0 spiro atoms. The number of ether oxygens (including phenoxy) is 1. The number of imidazole rings is 1. The van der Waals surface area contributed by atoms with Gasteiger partial charge >= 0.3 is 0 Å². The molecule has 0 N–H and O–H groups in total. The van der Waals surface area contributed by atoms with E-state index in [1.807, 2.05) is 18.3 Å². The molecule has 0 aliphatic rings. The summed E-state index contributed by atoms with van der Waals surface area (Å²) in [5, 5.41) is 17.5. The van der Waals surface area contributed by atoms with Gasteiger partial charge in [0.25, 0.3) is 6.33 Å². The van der Waals surface area contributed by atoms with E-state index in [2.05, 4.69) is 465 Å². The molecule has 0 saturated heterocycles. The van der Waals surface area contributed by atoms with Crippen LogP contribution in [0.1, 0.15) is 26.3 Å². The largest absolute Gasteiger partial charge is 0.510 e. The molecular formula is C106H80N4OPtSi3-2. The number of pyridine rings is 1. The Labute approximate surface area is 690 Å². The Morgan fingerprint density at radius 2 is 0.696 bits per heavy atom. The number of fused-ring (bicyclic) bond motifs is 4. The molecule has 0 aliphatic carbocycles. The molecule has 9 heteroatoms. The molecule has 5 nitrogen and oxygen atoms in total. The standard InChI is InChI=1S/C106H80N4OSi3.Pt/c1-106(2,3)80-68-69-107-104(72-80)110-100-63-32-31-62-96(100)97-67-66-83(74-103(97)110)111-82-41-37-40-81(73-82)108-77-109(102-65-34-33-64-101(102)108)105-98(78-38-35-60-93(70-78)112(84-42-13-4-14-43-84,85-44-15-5-16-45-85)86-46-17-6-18-47-86)75-95(114(90-54-25-10-26-55-90,91-56-27-11-28-57-91)92-58-29-12-30-59-92)76-99(105)79-39-36-61-94(71-79)113(87-48-19-7-20-49-87,88-50-21-8-22-51-88)89-52-23-9-24-53-89;/h4-72,75-76H,1-3H3;/q-2;. The first-order valence-electron chi connectivity index (χ1n) is 39.2. The number of benzene rings is 16. The van der Waals surface area contributed by atoms with E-state index in [9.17, 15) is 0 Å². The van der Waals surface area contributed by atoms with Crippen molar-refractivity contribution in [1.82, 2.24) is 14.1 Å². The summed E-state index contributed by atoms with van der Waals surface area (Å²) in [6, 6.07) is 166. The van der Waals surface area contributed by atoms with Crippen LogP contribution in [0, 0.1) is 18.5 Å².